The molecule has 0 aromatic carbocycles. The molecule has 0 N–H and O–H groups in total. The molecule has 0 aliphatic heterocycles. The van der Waals surface area contributed by atoms with E-state index in [0.717, 1.165) is 10.9 Å². The molecule has 0 spiro atoms. The second-order valence-corrected chi connectivity index (χ2v) is 4.99. The Labute approximate surface area is 93.3 Å². The van der Waals surface area contributed by atoms with Crippen LogP contribution in [0.4, 0.5) is 0 Å². The van der Waals surface area contributed by atoms with E-state index in [0.29, 0.717) is 5.57 Å². The molecule has 3 nitrogen and oxygen atoms in total. The SMILES string of the molecule is C=C(C)C(=O)OC(CC)C(C)[N+](C)(C)C. The number of hydrogen-bond acceptors (Lipinski definition) is 2. The van der Waals surface area contributed by atoms with Crippen LogP contribution in [0.5, 0.6) is 0 Å². The van der Waals surface area contributed by atoms with Crippen LogP contribution in [0.1, 0.15) is 27.2 Å². The van der Waals surface area contributed by atoms with Gasteiger partial charge in [0.1, 0.15) is 6.04 Å². The maximum atomic E-state index is 11.4. The van der Waals surface area contributed by atoms with Crippen molar-refractivity contribution in [2.45, 2.75) is 39.3 Å². The van der Waals surface area contributed by atoms with Crippen LogP contribution in [-0.4, -0.2) is 43.7 Å². The van der Waals surface area contributed by atoms with Crippen LogP contribution in [0, 0.1) is 0 Å². The molecule has 0 aromatic rings. The Bertz CT molecular complexity index is 240. The fraction of sp³-hybridized carbons (Fsp3) is 0.750. The van der Waals surface area contributed by atoms with E-state index in [1.54, 1.807) is 6.92 Å². The summed E-state index contributed by atoms with van der Waals surface area (Å²) in [6.07, 6.45) is 0.782. The van der Waals surface area contributed by atoms with E-state index in [4.69, 9.17) is 4.74 Å². The first-order valence-corrected chi connectivity index (χ1v) is 5.37. The largest absolute Gasteiger partial charge is 0.453 e. The highest BCUT2D eigenvalue weighted by Crippen LogP contribution is 2.15. The highest BCUT2D eigenvalue weighted by molar-refractivity contribution is 5.87. The molecule has 0 saturated heterocycles. The molecule has 3 heteroatoms. The quantitative estimate of drug-likeness (QED) is 0.397. The Kier molecular flexibility index (Phi) is 5.01. The Balaban J connectivity index is 4.51. The molecule has 0 heterocycles. The Hall–Kier alpha value is -0.830. The predicted octanol–water partition coefficient (Wildman–Crippen LogP) is 1.98. The molecule has 0 aliphatic rings. The van der Waals surface area contributed by atoms with Gasteiger partial charge in [-0.3, -0.25) is 0 Å². The zero-order chi connectivity index (χ0) is 12.2. The monoisotopic (exact) mass is 214 g/mol. The second kappa shape index (κ2) is 5.31. The van der Waals surface area contributed by atoms with Gasteiger partial charge in [0.15, 0.2) is 6.10 Å². The van der Waals surface area contributed by atoms with Gasteiger partial charge in [0, 0.05) is 5.57 Å². The minimum atomic E-state index is -0.290. The van der Waals surface area contributed by atoms with Gasteiger partial charge in [-0.15, -0.1) is 0 Å². The third-order valence-corrected chi connectivity index (χ3v) is 2.77. The van der Waals surface area contributed by atoms with Crippen LogP contribution in [-0.2, 0) is 9.53 Å². The Morgan fingerprint density at radius 3 is 2.13 bits per heavy atom. The molecular formula is C12H24NO2+. The van der Waals surface area contributed by atoms with Crippen molar-refractivity contribution in [1.29, 1.82) is 0 Å². The standard InChI is InChI=1S/C12H24NO2/c1-8-11(10(4)13(5,6)7)15-12(14)9(2)3/h10-11H,2,8H2,1,3-7H3/q+1. The molecule has 0 aromatic heterocycles. The lowest BCUT2D eigenvalue weighted by Crippen LogP contribution is -2.51. The third kappa shape index (κ3) is 4.47. The number of rotatable bonds is 5. The van der Waals surface area contributed by atoms with E-state index in [2.05, 4.69) is 34.6 Å². The minimum Gasteiger partial charge on any atom is -0.453 e. The van der Waals surface area contributed by atoms with Crippen LogP contribution in [0.25, 0.3) is 0 Å². The van der Waals surface area contributed by atoms with Gasteiger partial charge < -0.3 is 9.22 Å². The molecule has 0 bridgehead atoms. The van der Waals surface area contributed by atoms with Crippen molar-refractivity contribution >= 4 is 5.97 Å². The summed E-state index contributed by atoms with van der Waals surface area (Å²) in [6, 6.07) is 0.276. The van der Waals surface area contributed by atoms with E-state index in [9.17, 15) is 4.79 Å². The molecular weight excluding hydrogens is 190 g/mol. The normalized spacial score (nSPS) is 15.6. The number of carbonyl (C=O) groups is 1. The first-order chi connectivity index (χ1) is 6.70. The molecule has 88 valence electrons. The second-order valence-electron chi connectivity index (χ2n) is 4.99. The third-order valence-electron chi connectivity index (χ3n) is 2.77. The lowest BCUT2D eigenvalue weighted by Gasteiger charge is -2.36. The summed E-state index contributed by atoms with van der Waals surface area (Å²) in [5, 5.41) is 0. The van der Waals surface area contributed by atoms with Crippen LogP contribution >= 0.6 is 0 Å². The molecule has 0 rings (SSSR count). The minimum absolute atomic E-state index is 0.0470. The molecule has 2 atom stereocenters. The number of quaternary nitrogens is 1. The van der Waals surface area contributed by atoms with E-state index < -0.39 is 0 Å². The average Bonchev–Trinajstić information content (AvgIpc) is 2.10. The van der Waals surface area contributed by atoms with Gasteiger partial charge in [0.25, 0.3) is 0 Å². The summed E-state index contributed by atoms with van der Waals surface area (Å²) in [6.45, 7) is 9.38. The summed E-state index contributed by atoms with van der Waals surface area (Å²) in [5.74, 6) is -0.290. The van der Waals surface area contributed by atoms with Crippen molar-refractivity contribution < 1.29 is 14.0 Å². The zero-order valence-corrected chi connectivity index (χ0v) is 10.8. The van der Waals surface area contributed by atoms with Crippen molar-refractivity contribution in [2.24, 2.45) is 0 Å². The van der Waals surface area contributed by atoms with Gasteiger partial charge in [-0.25, -0.2) is 4.79 Å². The van der Waals surface area contributed by atoms with Gasteiger partial charge in [-0.1, -0.05) is 13.5 Å². The Morgan fingerprint density at radius 1 is 1.40 bits per heavy atom. The highest BCUT2D eigenvalue weighted by atomic mass is 16.5. The van der Waals surface area contributed by atoms with E-state index in [-0.39, 0.29) is 18.1 Å². The fourth-order valence-corrected chi connectivity index (χ4v) is 1.26. The maximum Gasteiger partial charge on any atom is 0.333 e. The highest BCUT2D eigenvalue weighted by Gasteiger charge is 2.30. The van der Waals surface area contributed by atoms with E-state index >= 15 is 0 Å². The summed E-state index contributed by atoms with van der Waals surface area (Å²) < 4.78 is 6.18. The van der Waals surface area contributed by atoms with Gasteiger partial charge in [-0.05, 0) is 20.3 Å². The van der Waals surface area contributed by atoms with E-state index in [1.807, 2.05) is 6.92 Å². The topological polar surface area (TPSA) is 26.3 Å². The summed E-state index contributed by atoms with van der Waals surface area (Å²) in [7, 11) is 6.30. The molecule has 0 saturated carbocycles. The van der Waals surface area contributed by atoms with Gasteiger partial charge in [-0.2, -0.15) is 0 Å². The number of likely N-dealkylation sites (N-methyl/N-ethyl adjacent to an activating group) is 1. The summed E-state index contributed by atoms with van der Waals surface area (Å²) in [5.41, 5.74) is 0.460. The maximum absolute atomic E-state index is 11.4. The van der Waals surface area contributed by atoms with Gasteiger partial charge >= 0.3 is 5.97 Å². The summed E-state index contributed by atoms with van der Waals surface area (Å²) >= 11 is 0. The molecule has 0 radical (unpaired) electrons. The fourth-order valence-electron chi connectivity index (χ4n) is 1.26. The lowest BCUT2D eigenvalue weighted by molar-refractivity contribution is -0.897. The van der Waals surface area contributed by atoms with Crippen LogP contribution in [0.3, 0.4) is 0 Å². The van der Waals surface area contributed by atoms with Crippen molar-refractivity contribution in [2.75, 3.05) is 21.1 Å². The van der Waals surface area contributed by atoms with Crippen LogP contribution in [0.2, 0.25) is 0 Å². The van der Waals surface area contributed by atoms with Crippen molar-refractivity contribution in [3.8, 4) is 0 Å². The summed E-state index contributed by atoms with van der Waals surface area (Å²) in [4.78, 5) is 11.4. The molecule has 15 heavy (non-hydrogen) atoms. The Morgan fingerprint density at radius 2 is 1.87 bits per heavy atom. The van der Waals surface area contributed by atoms with Crippen molar-refractivity contribution in [3.63, 3.8) is 0 Å². The van der Waals surface area contributed by atoms with Crippen LogP contribution < -0.4 is 0 Å². The smallest absolute Gasteiger partial charge is 0.333 e. The predicted molar refractivity (Wildman–Crippen MR) is 62.5 cm³/mol. The number of esters is 1. The van der Waals surface area contributed by atoms with Crippen molar-refractivity contribution in [1.82, 2.24) is 0 Å². The molecule has 0 fully saturated rings. The number of hydrogen-bond donors (Lipinski definition) is 0. The van der Waals surface area contributed by atoms with Gasteiger partial charge in [0.2, 0.25) is 0 Å². The van der Waals surface area contributed by atoms with Gasteiger partial charge in [0.05, 0.1) is 21.1 Å². The lowest BCUT2D eigenvalue weighted by atomic mass is 10.1. The number of ether oxygens (including phenoxy) is 1. The molecule has 0 aliphatic carbocycles. The first-order valence-electron chi connectivity index (χ1n) is 5.37. The number of carbonyl (C=O) groups excluding carboxylic acids is 1. The zero-order valence-electron chi connectivity index (χ0n) is 10.8. The number of nitrogens with zero attached hydrogens (tertiary/aromatic N) is 1. The van der Waals surface area contributed by atoms with Crippen LogP contribution in [0.15, 0.2) is 12.2 Å². The average molecular weight is 214 g/mol. The first kappa shape index (κ1) is 14.2. The van der Waals surface area contributed by atoms with Crippen molar-refractivity contribution in [3.05, 3.63) is 12.2 Å². The molecule has 2 unspecified atom stereocenters. The molecule has 0 amide bonds. The van der Waals surface area contributed by atoms with E-state index in [1.165, 1.54) is 0 Å².